The van der Waals surface area contributed by atoms with Crippen molar-refractivity contribution >= 4 is 39.8 Å². The number of nitrogens with zero attached hydrogens (tertiary/aromatic N) is 3. The molecule has 38 heavy (non-hydrogen) atoms. The lowest BCUT2D eigenvalue weighted by molar-refractivity contribution is -0.118. The summed E-state index contributed by atoms with van der Waals surface area (Å²) >= 11 is 6.72. The molecule has 5 atom stereocenters. The minimum atomic E-state index is -0.467. The van der Waals surface area contributed by atoms with Gasteiger partial charge in [0.05, 0.1) is 41.7 Å². The zero-order valence-corrected chi connectivity index (χ0v) is 23.3. The van der Waals surface area contributed by atoms with Crippen LogP contribution in [0.2, 0.25) is 5.02 Å². The Morgan fingerprint density at radius 2 is 1.92 bits per heavy atom. The minimum Gasteiger partial charge on any atom is -0.389 e. The van der Waals surface area contributed by atoms with E-state index in [4.69, 9.17) is 21.1 Å². The largest absolute Gasteiger partial charge is 0.389 e. The van der Waals surface area contributed by atoms with Crippen molar-refractivity contribution in [3.63, 3.8) is 0 Å². The van der Waals surface area contributed by atoms with E-state index in [9.17, 15) is 9.90 Å². The summed E-state index contributed by atoms with van der Waals surface area (Å²) in [5.74, 6) is 0.782. The SMILES string of the molecule is CC1(C)[C@H]([C@@H]2CCCCO2)[C@H]1C(=O)Nc1cc2cc(N3CCN([C@@]4(C)COC[C@H]4O)CC3)c(Cl)cc2cn1. The molecule has 6 rings (SSSR count). The Labute approximate surface area is 229 Å². The molecule has 1 saturated carbocycles. The summed E-state index contributed by atoms with van der Waals surface area (Å²) in [7, 11) is 0. The lowest BCUT2D eigenvalue weighted by Crippen LogP contribution is -2.60. The van der Waals surface area contributed by atoms with Crippen LogP contribution < -0.4 is 10.2 Å². The van der Waals surface area contributed by atoms with Crippen LogP contribution in [0.1, 0.15) is 40.0 Å². The molecule has 1 aromatic carbocycles. The summed E-state index contributed by atoms with van der Waals surface area (Å²) in [4.78, 5) is 22.4. The van der Waals surface area contributed by atoms with Crippen molar-refractivity contribution in [1.82, 2.24) is 9.88 Å². The molecule has 4 fully saturated rings. The molecule has 9 heteroatoms. The van der Waals surface area contributed by atoms with E-state index in [0.717, 1.165) is 62.1 Å². The lowest BCUT2D eigenvalue weighted by Gasteiger charge is -2.45. The third-order valence-corrected chi connectivity index (χ3v) is 9.88. The Morgan fingerprint density at radius 3 is 2.61 bits per heavy atom. The van der Waals surface area contributed by atoms with Crippen molar-refractivity contribution in [1.29, 1.82) is 0 Å². The van der Waals surface area contributed by atoms with Crippen molar-refractivity contribution in [3.05, 3.63) is 29.4 Å². The van der Waals surface area contributed by atoms with E-state index >= 15 is 0 Å². The Hall–Kier alpha value is -1.97. The smallest absolute Gasteiger partial charge is 0.229 e. The Morgan fingerprint density at radius 1 is 1.13 bits per heavy atom. The number of ether oxygens (including phenoxy) is 2. The molecule has 1 aromatic heterocycles. The number of piperazine rings is 1. The van der Waals surface area contributed by atoms with Gasteiger partial charge in [0, 0.05) is 56.2 Å². The van der Waals surface area contributed by atoms with E-state index in [2.05, 4.69) is 46.9 Å². The number of carbonyl (C=O) groups is 1. The molecule has 0 radical (unpaired) electrons. The number of amides is 1. The number of hydrogen-bond donors (Lipinski definition) is 2. The molecule has 3 saturated heterocycles. The second-order valence-corrected chi connectivity index (χ2v) is 12.7. The fourth-order valence-electron chi connectivity index (χ4n) is 7.00. The second-order valence-electron chi connectivity index (χ2n) is 12.3. The quantitative estimate of drug-likeness (QED) is 0.592. The van der Waals surface area contributed by atoms with Gasteiger partial charge in [0.2, 0.25) is 5.91 Å². The third kappa shape index (κ3) is 4.58. The van der Waals surface area contributed by atoms with Gasteiger partial charge < -0.3 is 24.8 Å². The molecule has 1 aliphatic carbocycles. The predicted octanol–water partition coefficient (Wildman–Crippen LogP) is 3.94. The highest BCUT2D eigenvalue weighted by Crippen LogP contribution is 2.61. The van der Waals surface area contributed by atoms with Gasteiger partial charge in [-0.25, -0.2) is 4.98 Å². The average molecular weight is 543 g/mol. The zero-order valence-electron chi connectivity index (χ0n) is 22.6. The Kier molecular flexibility index (Phi) is 6.84. The first-order valence-corrected chi connectivity index (χ1v) is 14.3. The molecule has 3 aliphatic heterocycles. The Bertz CT molecular complexity index is 1210. The molecule has 2 aromatic rings. The number of carbonyl (C=O) groups excluding carboxylic acids is 1. The first kappa shape index (κ1) is 26.3. The molecular weight excluding hydrogens is 504 g/mol. The van der Waals surface area contributed by atoms with Crippen LogP contribution in [-0.4, -0.2) is 84.6 Å². The molecule has 4 aliphatic rings. The second kappa shape index (κ2) is 9.89. The van der Waals surface area contributed by atoms with Gasteiger partial charge in [-0.3, -0.25) is 9.69 Å². The van der Waals surface area contributed by atoms with Gasteiger partial charge in [-0.2, -0.15) is 0 Å². The molecule has 206 valence electrons. The normalized spacial score (nSPS) is 33.4. The molecule has 0 bridgehead atoms. The van der Waals surface area contributed by atoms with Crippen LogP contribution in [0.15, 0.2) is 24.4 Å². The summed E-state index contributed by atoms with van der Waals surface area (Å²) in [6.07, 6.45) is 4.81. The first-order chi connectivity index (χ1) is 18.2. The number of pyridine rings is 1. The van der Waals surface area contributed by atoms with Gasteiger partial charge in [-0.1, -0.05) is 25.4 Å². The summed E-state index contributed by atoms with van der Waals surface area (Å²) in [5, 5.41) is 16.1. The summed E-state index contributed by atoms with van der Waals surface area (Å²) < 4.78 is 11.6. The molecule has 2 N–H and O–H groups in total. The molecule has 8 nitrogen and oxygen atoms in total. The van der Waals surface area contributed by atoms with Crippen molar-refractivity contribution in [2.24, 2.45) is 17.3 Å². The number of nitrogens with one attached hydrogen (secondary N) is 1. The van der Waals surface area contributed by atoms with Crippen LogP contribution in [0, 0.1) is 17.3 Å². The van der Waals surface area contributed by atoms with Crippen LogP contribution >= 0.6 is 11.6 Å². The van der Waals surface area contributed by atoms with Gasteiger partial charge >= 0.3 is 0 Å². The Balaban J connectivity index is 1.15. The van der Waals surface area contributed by atoms with Crippen molar-refractivity contribution < 1.29 is 19.4 Å². The van der Waals surface area contributed by atoms with Crippen LogP contribution in [0.4, 0.5) is 11.5 Å². The van der Waals surface area contributed by atoms with Gasteiger partial charge in [0.15, 0.2) is 0 Å². The topological polar surface area (TPSA) is 87.2 Å². The molecule has 0 unspecified atom stereocenters. The number of anilines is 2. The molecular formula is C29H39ClN4O4. The maximum absolute atomic E-state index is 13.3. The van der Waals surface area contributed by atoms with Gasteiger partial charge in [-0.15, -0.1) is 0 Å². The van der Waals surface area contributed by atoms with E-state index < -0.39 is 6.10 Å². The number of benzene rings is 1. The highest BCUT2D eigenvalue weighted by molar-refractivity contribution is 6.34. The predicted molar refractivity (Wildman–Crippen MR) is 149 cm³/mol. The summed E-state index contributed by atoms with van der Waals surface area (Å²) in [5.41, 5.74) is 0.577. The monoisotopic (exact) mass is 542 g/mol. The van der Waals surface area contributed by atoms with E-state index in [1.165, 1.54) is 6.42 Å². The highest BCUT2D eigenvalue weighted by atomic mass is 35.5. The third-order valence-electron chi connectivity index (χ3n) is 9.58. The average Bonchev–Trinajstić information content (AvgIpc) is 3.34. The number of aromatic nitrogens is 1. The number of aliphatic hydroxyl groups is 1. The van der Waals surface area contributed by atoms with E-state index in [1.807, 2.05) is 12.1 Å². The first-order valence-electron chi connectivity index (χ1n) is 14.0. The standard InChI is InChI=1S/C29H39ClN4O4/c1-28(2)25(22-6-4-5-11-38-22)26(28)27(36)32-24-14-18-13-21(20(30)12-19(18)15-31-24)33-7-9-34(10-8-33)29(3)17-37-16-23(29)35/h12-15,22-23,25-26,35H,4-11,16-17H2,1-3H3,(H,31,32,36)/t22-,23+,25+,26-,29-/m0/s1. The zero-order chi connectivity index (χ0) is 26.7. The summed E-state index contributed by atoms with van der Waals surface area (Å²) in [6.45, 7) is 11.4. The van der Waals surface area contributed by atoms with E-state index in [1.54, 1.807) is 6.20 Å². The van der Waals surface area contributed by atoms with Gasteiger partial charge in [-0.05, 0) is 55.2 Å². The fourth-order valence-corrected chi connectivity index (χ4v) is 7.29. The molecule has 0 spiro atoms. The fraction of sp³-hybridized carbons (Fsp3) is 0.655. The number of rotatable bonds is 5. The maximum Gasteiger partial charge on any atom is 0.229 e. The molecule has 1 amide bonds. The number of hydrogen-bond acceptors (Lipinski definition) is 7. The summed E-state index contributed by atoms with van der Waals surface area (Å²) in [6, 6.07) is 5.99. The van der Waals surface area contributed by atoms with Gasteiger partial charge in [0.25, 0.3) is 0 Å². The number of aliphatic hydroxyl groups excluding tert-OH is 1. The van der Waals surface area contributed by atoms with Crippen molar-refractivity contribution in [2.45, 2.75) is 57.8 Å². The van der Waals surface area contributed by atoms with Crippen LogP contribution in [0.25, 0.3) is 10.8 Å². The molecule has 4 heterocycles. The minimum absolute atomic E-state index is 0.0258. The highest BCUT2D eigenvalue weighted by Gasteiger charge is 2.64. The number of fused-ring (bicyclic) bond motifs is 1. The van der Waals surface area contributed by atoms with Crippen molar-refractivity contribution in [2.75, 3.05) is 56.2 Å². The number of halogens is 1. The van der Waals surface area contributed by atoms with E-state index in [0.29, 0.717) is 24.1 Å². The van der Waals surface area contributed by atoms with Crippen LogP contribution in [0.3, 0.4) is 0 Å². The van der Waals surface area contributed by atoms with Crippen LogP contribution in [-0.2, 0) is 14.3 Å². The van der Waals surface area contributed by atoms with Crippen LogP contribution in [0.5, 0.6) is 0 Å². The van der Waals surface area contributed by atoms with Crippen molar-refractivity contribution in [3.8, 4) is 0 Å². The van der Waals surface area contributed by atoms with Gasteiger partial charge in [0.1, 0.15) is 5.82 Å². The van der Waals surface area contributed by atoms with E-state index in [-0.39, 0.29) is 34.8 Å². The lowest BCUT2D eigenvalue weighted by atomic mass is 9.95. The maximum atomic E-state index is 13.3.